The molecule has 2 aromatic rings. The maximum atomic E-state index is 12.8. The number of aromatic nitrogens is 2. The number of hydrogen-bond acceptors (Lipinski definition) is 5. The van der Waals surface area contributed by atoms with E-state index in [1.807, 2.05) is 28.9 Å². The Bertz CT molecular complexity index is 799. The van der Waals surface area contributed by atoms with E-state index in [2.05, 4.69) is 25.9 Å². The van der Waals surface area contributed by atoms with Gasteiger partial charge in [0.05, 0.1) is 36.3 Å². The van der Waals surface area contributed by atoms with E-state index in [4.69, 9.17) is 9.47 Å². The fourth-order valence-electron chi connectivity index (χ4n) is 3.79. The topological polar surface area (TPSA) is 56.6 Å². The number of halogens is 1. The smallest absolute Gasteiger partial charge is 0.181 e. The Balaban J connectivity index is 1.64. The SMILES string of the molecule is COc1ccc(Cn2ncc3c2N(CC2CCCO2)CCC(Br)C3=O)cc1. The van der Waals surface area contributed by atoms with E-state index in [0.717, 1.165) is 56.1 Å². The average molecular weight is 434 g/mol. The first kappa shape index (κ1) is 18.5. The Morgan fingerprint density at radius 2 is 2.11 bits per heavy atom. The van der Waals surface area contributed by atoms with Crippen molar-refractivity contribution in [3.8, 4) is 5.75 Å². The van der Waals surface area contributed by atoms with Gasteiger partial charge in [-0.15, -0.1) is 0 Å². The summed E-state index contributed by atoms with van der Waals surface area (Å²) in [6, 6.07) is 7.95. The summed E-state index contributed by atoms with van der Waals surface area (Å²) < 4.78 is 13.0. The molecule has 7 heteroatoms. The summed E-state index contributed by atoms with van der Waals surface area (Å²) in [6.07, 6.45) is 4.90. The molecule has 2 aliphatic rings. The van der Waals surface area contributed by atoms with Crippen LogP contribution in [-0.2, 0) is 11.3 Å². The van der Waals surface area contributed by atoms with Gasteiger partial charge >= 0.3 is 0 Å². The Kier molecular flexibility index (Phi) is 5.50. The van der Waals surface area contributed by atoms with Crippen molar-refractivity contribution in [3.05, 3.63) is 41.6 Å². The minimum Gasteiger partial charge on any atom is -0.497 e. The first-order valence-electron chi connectivity index (χ1n) is 9.39. The number of carbonyl (C=O) groups is 1. The van der Waals surface area contributed by atoms with Gasteiger partial charge in [-0.05, 0) is 37.0 Å². The van der Waals surface area contributed by atoms with Crippen LogP contribution in [0.1, 0.15) is 35.2 Å². The molecule has 0 saturated carbocycles. The van der Waals surface area contributed by atoms with Gasteiger partial charge in [0, 0.05) is 19.7 Å². The van der Waals surface area contributed by atoms with E-state index < -0.39 is 0 Å². The minimum absolute atomic E-state index is 0.112. The molecule has 1 aromatic heterocycles. The quantitative estimate of drug-likeness (QED) is 0.677. The van der Waals surface area contributed by atoms with Gasteiger partial charge in [0.2, 0.25) is 0 Å². The molecule has 0 aliphatic carbocycles. The fraction of sp³-hybridized carbons (Fsp3) is 0.500. The zero-order valence-electron chi connectivity index (χ0n) is 15.4. The maximum absolute atomic E-state index is 12.8. The first-order valence-corrected chi connectivity index (χ1v) is 10.3. The summed E-state index contributed by atoms with van der Waals surface area (Å²) in [5.74, 6) is 1.85. The van der Waals surface area contributed by atoms with Crippen LogP contribution in [0.3, 0.4) is 0 Å². The predicted molar refractivity (Wildman–Crippen MR) is 107 cm³/mol. The number of alkyl halides is 1. The van der Waals surface area contributed by atoms with E-state index in [-0.39, 0.29) is 16.7 Å². The van der Waals surface area contributed by atoms with Gasteiger partial charge in [-0.1, -0.05) is 28.1 Å². The molecule has 0 radical (unpaired) electrons. The predicted octanol–water partition coefficient (Wildman–Crippen LogP) is 3.28. The van der Waals surface area contributed by atoms with Crippen molar-refractivity contribution in [2.24, 2.45) is 0 Å². The molecular formula is C20H24BrN3O3. The van der Waals surface area contributed by atoms with Crippen LogP contribution in [0.2, 0.25) is 0 Å². The monoisotopic (exact) mass is 433 g/mol. The second-order valence-electron chi connectivity index (χ2n) is 7.09. The Labute approximate surface area is 167 Å². The molecule has 1 fully saturated rings. The molecule has 6 nitrogen and oxygen atoms in total. The van der Waals surface area contributed by atoms with Gasteiger partial charge in [-0.3, -0.25) is 4.79 Å². The highest BCUT2D eigenvalue weighted by atomic mass is 79.9. The highest BCUT2D eigenvalue weighted by Gasteiger charge is 2.32. The van der Waals surface area contributed by atoms with Crippen molar-refractivity contribution in [3.63, 3.8) is 0 Å². The van der Waals surface area contributed by atoms with Crippen LogP contribution in [0.25, 0.3) is 0 Å². The first-order chi connectivity index (χ1) is 13.2. The van der Waals surface area contributed by atoms with Crippen LogP contribution in [0.5, 0.6) is 5.75 Å². The third-order valence-corrected chi connectivity index (χ3v) is 6.13. The molecule has 3 heterocycles. The number of hydrogen-bond donors (Lipinski definition) is 0. The minimum atomic E-state index is -0.163. The summed E-state index contributed by atoms with van der Waals surface area (Å²) in [6.45, 7) is 3.05. The average Bonchev–Trinajstić information content (AvgIpc) is 3.32. The molecule has 27 heavy (non-hydrogen) atoms. The fourth-order valence-corrected chi connectivity index (χ4v) is 4.24. The van der Waals surface area contributed by atoms with Crippen molar-refractivity contribution in [1.82, 2.24) is 9.78 Å². The number of methoxy groups -OCH3 is 1. The number of fused-ring (bicyclic) bond motifs is 1. The molecule has 0 spiro atoms. The highest BCUT2D eigenvalue weighted by molar-refractivity contribution is 9.10. The van der Waals surface area contributed by atoms with E-state index in [0.29, 0.717) is 12.1 Å². The molecular weight excluding hydrogens is 410 g/mol. The highest BCUT2D eigenvalue weighted by Crippen LogP contribution is 2.31. The molecule has 4 rings (SSSR count). The van der Waals surface area contributed by atoms with Gasteiger partial charge in [-0.25, -0.2) is 4.68 Å². The summed E-state index contributed by atoms with van der Waals surface area (Å²) >= 11 is 3.55. The number of rotatable bonds is 5. The normalized spacial score (nSPS) is 22.6. The number of nitrogens with zero attached hydrogens (tertiary/aromatic N) is 3. The largest absolute Gasteiger partial charge is 0.497 e. The summed E-state index contributed by atoms with van der Waals surface area (Å²) in [4.78, 5) is 14.9. The zero-order chi connectivity index (χ0) is 18.8. The van der Waals surface area contributed by atoms with E-state index in [1.54, 1.807) is 13.3 Å². The molecule has 2 aliphatic heterocycles. The Morgan fingerprint density at radius 1 is 1.30 bits per heavy atom. The third-order valence-electron chi connectivity index (χ3n) is 5.25. The van der Waals surface area contributed by atoms with Crippen LogP contribution in [0.15, 0.2) is 30.5 Å². The van der Waals surface area contributed by atoms with Crippen molar-refractivity contribution < 1.29 is 14.3 Å². The molecule has 144 valence electrons. The Morgan fingerprint density at radius 3 is 2.81 bits per heavy atom. The van der Waals surface area contributed by atoms with Gasteiger partial charge in [0.1, 0.15) is 11.6 Å². The number of ketones is 1. The number of anilines is 1. The van der Waals surface area contributed by atoms with Crippen LogP contribution in [0.4, 0.5) is 5.82 Å². The van der Waals surface area contributed by atoms with Crippen LogP contribution in [0, 0.1) is 0 Å². The number of carbonyl (C=O) groups excluding carboxylic acids is 1. The lowest BCUT2D eigenvalue weighted by atomic mass is 10.1. The van der Waals surface area contributed by atoms with Crippen molar-refractivity contribution >= 4 is 27.5 Å². The molecule has 0 amide bonds. The molecule has 1 aromatic carbocycles. The van der Waals surface area contributed by atoms with E-state index in [1.165, 1.54) is 0 Å². The molecule has 0 bridgehead atoms. The zero-order valence-corrected chi connectivity index (χ0v) is 17.0. The number of Topliss-reactive ketones (excluding diaryl/α,β-unsaturated/α-hetero) is 1. The van der Waals surface area contributed by atoms with Gasteiger partial charge in [-0.2, -0.15) is 5.10 Å². The summed E-state index contributed by atoms with van der Waals surface area (Å²) in [5.41, 5.74) is 1.81. The van der Waals surface area contributed by atoms with Crippen LogP contribution >= 0.6 is 15.9 Å². The lowest BCUT2D eigenvalue weighted by molar-refractivity contribution is 0.0992. The molecule has 2 atom stereocenters. The van der Waals surface area contributed by atoms with Crippen LogP contribution < -0.4 is 9.64 Å². The van der Waals surface area contributed by atoms with Gasteiger partial charge in [0.15, 0.2) is 5.78 Å². The number of ether oxygens (including phenoxy) is 2. The van der Waals surface area contributed by atoms with Gasteiger partial charge < -0.3 is 14.4 Å². The molecule has 0 N–H and O–H groups in total. The summed E-state index contributed by atoms with van der Waals surface area (Å²) in [7, 11) is 1.66. The molecule has 1 saturated heterocycles. The van der Waals surface area contributed by atoms with E-state index in [9.17, 15) is 4.79 Å². The lowest BCUT2D eigenvalue weighted by Crippen LogP contribution is -2.35. The van der Waals surface area contributed by atoms with Crippen molar-refractivity contribution in [2.75, 3.05) is 31.7 Å². The summed E-state index contributed by atoms with van der Waals surface area (Å²) in [5, 5.41) is 4.55. The molecule has 2 unspecified atom stereocenters. The Hall–Kier alpha value is -1.86. The lowest BCUT2D eigenvalue weighted by Gasteiger charge is -2.27. The van der Waals surface area contributed by atoms with Crippen molar-refractivity contribution in [2.45, 2.75) is 36.7 Å². The standard InChI is InChI=1S/C20H24BrN3O3/c1-26-15-6-4-14(5-7-15)12-24-20-17(11-22-24)19(25)18(21)8-9-23(20)13-16-3-2-10-27-16/h4-7,11,16,18H,2-3,8-10,12-13H2,1H3. The second kappa shape index (κ2) is 8.02. The van der Waals surface area contributed by atoms with Crippen LogP contribution in [-0.4, -0.2) is 53.3 Å². The van der Waals surface area contributed by atoms with Gasteiger partial charge in [0.25, 0.3) is 0 Å². The second-order valence-corrected chi connectivity index (χ2v) is 8.19. The van der Waals surface area contributed by atoms with Crippen molar-refractivity contribution in [1.29, 1.82) is 0 Å². The number of benzene rings is 1. The maximum Gasteiger partial charge on any atom is 0.181 e. The van der Waals surface area contributed by atoms with E-state index >= 15 is 0 Å². The third kappa shape index (κ3) is 3.89.